The van der Waals surface area contributed by atoms with E-state index in [1.807, 2.05) is 4.98 Å². The Hall–Kier alpha value is -3.68. The second kappa shape index (κ2) is 8.59. The highest BCUT2D eigenvalue weighted by atomic mass is 35.5. The molecule has 12 heteroatoms. The number of fused-ring (bicyclic) bond motifs is 1. The van der Waals surface area contributed by atoms with E-state index in [1.165, 1.54) is 31.0 Å². The third-order valence-electron chi connectivity index (χ3n) is 6.02. The van der Waals surface area contributed by atoms with Crippen LogP contribution in [0.2, 0.25) is 10.0 Å². The van der Waals surface area contributed by atoms with Crippen molar-refractivity contribution in [2.24, 2.45) is 5.92 Å². The van der Waals surface area contributed by atoms with Gasteiger partial charge in [0.25, 0.3) is 11.1 Å². The van der Waals surface area contributed by atoms with E-state index in [1.54, 1.807) is 21.5 Å². The van der Waals surface area contributed by atoms with Crippen molar-refractivity contribution in [1.82, 2.24) is 29.1 Å². The molecule has 0 unspecified atom stereocenters. The number of nitrogens with zero attached hydrogens (tertiary/aromatic N) is 6. The van der Waals surface area contributed by atoms with Gasteiger partial charge < -0.3 is 9.41 Å². The molecule has 0 atom stereocenters. The fraction of sp³-hybridized carbons (Fsp3) is 0.273. The molecule has 1 fully saturated rings. The predicted octanol–water partition coefficient (Wildman–Crippen LogP) is 3.47. The summed E-state index contributed by atoms with van der Waals surface area (Å²) in [6, 6.07) is 6.05. The Morgan fingerprint density at radius 3 is 2.44 bits per heavy atom. The Labute approximate surface area is 201 Å². The molecule has 5 rings (SSSR count). The van der Waals surface area contributed by atoms with Crippen LogP contribution in [-0.2, 0) is 6.54 Å². The fourth-order valence-corrected chi connectivity index (χ4v) is 5.04. The van der Waals surface area contributed by atoms with Crippen molar-refractivity contribution in [3.8, 4) is 11.4 Å². The summed E-state index contributed by atoms with van der Waals surface area (Å²) in [5, 5.41) is 8.54. The molecule has 34 heavy (non-hydrogen) atoms. The van der Waals surface area contributed by atoms with Crippen molar-refractivity contribution >= 4 is 40.1 Å². The highest BCUT2D eigenvalue weighted by Gasteiger charge is 2.21. The molecule has 1 aliphatic carbocycles. The maximum absolute atomic E-state index is 12.6. The van der Waals surface area contributed by atoms with Gasteiger partial charge in [-0.05, 0) is 42.1 Å². The van der Waals surface area contributed by atoms with Crippen LogP contribution in [0.15, 0.2) is 44.8 Å². The molecule has 3 aromatic heterocycles. The Morgan fingerprint density at radius 2 is 1.76 bits per heavy atom. The molecule has 3 heterocycles. The van der Waals surface area contributed by atoms with Gasteiger partial charge in [0.1, 0.15) is 5.69 Å². The summed E-state index contributed by atoms with van der Waals surface area (Å²) in [6.45, 7) is 7.68. The number of hydrogen-bond acceptors (Lipinski definition) is 5. The van der Waals surface area contributed by atoms with Crippen LogP contribution >= 0.6 is 23.2 Å². The van der Waals surface area contributed by atoms with Gasteiger partial charge in [-0.25, -0.2) is 9.48 Å². The van der Waals surface area contributed by atoms with Crippen LogP contribution in [0.4, 0.5) is 5.82 Å². The number of nitrogens with one attached hydrogen (secondary N) is 1. The first-order chi connectivity index (χ1) is 16.4. The lowest BCUT2D eigenvalue weighted by atomic mass is 10.1. The third kappa shape index (κ3) is 3.73. The topological polar surface area (TPSA) is 112 Å². The van der Waals surface area contributed by atoms with Crippen molar-refractivity contribution in [2.75, 3.05) is 0 Å². The number of benzene rings is 1. The maximum atomic E-state index is 12.6. The average molecular weight is 498 g/mol. The minimum Gasteiger partial charge on any atom is -0.354 e. The zero-order chi connectivity index (χ0) is 24.0. The van der Waals surface area contributed by atoms with E-state index in [2.05, 4.69) is 15.0 Å². The summed E-state index contributed by atoms with van der Waals surface area (Å²) in [7, 11) is 0. The van der Waals surface area contributed by atoms with E-state index in [-0.39, 0.29) is 21.3 Å². The van der Waals surface area contributed by atoms with E-state index in [0.29, 0.717) is 29.2 Å². The molecular formula is C22H17Cl2N7O3. The van der Waals surface area contributed by atoms with Gasteiger partial charge in [-0.2, -0.15) is 5.10 Å². The molecule has 0 amide bonds. The average Bonchev–Trinajstić information content (AvgIpc) is 3.46. The van der Waals surface area contributed by atoms with E-state index in [4.69, 9.17) is 29.8 Å². The number of aromatic amines is 1. The quantitative estimate of drug-likeness (QED) is 0.433. The second-order valence-corrected chi connectivity index (χ2v) is 8.94. The van der Waals surface area contributed by atoms with Gasteiger partial charge in [0.2, 0.25) is 0 Å². The minimum absolute atomic E-state index is 0.0920. The molecule has 4 aromatic rings. The number of pyridine rings is 1. The standard InChI is InChI=1S/C22H17Cl2N7O3/c1-25-20-21(33)27-22(34)30(28-20)13-8-14(23)19(15(24)9-13)31-16-6-7-18(32)29(17(16)10-26-31)11-12-4-2-3-5-12/h6-10,12H,2-5,11H2,(H,27,33,34). The van der Waals surface area contributed by atoms with Crippen molar-refractivity contribution in [2.45, 2.75) is 32.2 Å². The van der Waals surface area contributed by atoms with Crippen LogP contribution in [0, 0.1) is 12.5 Å². The summed E-state index contributed by atoms with van der Waals surface area (Å²) in [6.07, 6.45) is 6.17. The highest BCUT2D eigenvalue weighted by Crippen LogP contribution is 2.33. The predicted molar refractivity (Wildman–Crippen MR) is 128 cm³/mol. The molecule has 0 saturated heterocycles. The molecule has 1 aromatic carbocycles. The normalized spacial score (nSPS) is 14.0. The van der Waals surface area contributed by atoms with Crippen molar-refractivity contribution in [3.63, 3.8) is 0 Å². The Balaban J connectivity index is 1.62. The maximum Gasteiger partial charge on any atom is 0.365 e. The first-order valence-corrected chi connectivity index (χ1v) is 11.3. The molecule has 10 nitrogen and oxygen atoms in total. The Morgan fingerprint density at radius 1 is 1.06 bits per heavy atom. The lowest BCUT2D eigenvalue weighted by Gasteiger charge is -2.14. The molecule has 1 aliphatic rings. The van der Waals surface area contributed by atoms with E-state index < -0.39 is 17.1 Å². The van der Waals surface area contributed by atoms with Crippen molar-refractivity contribution in [1.29, 1.82) is 0 Å². The van der Waals surface area contributed by atoms with Crippen LogP contribution in [0.1, 0.15) is 25.7 Å². The van der Waals surface area contributed by atoms with Crippen LogP contribution < -0.4 is 16.8 Å². The molecule has 1 N–H and O–H groups in total. The fourth-order valence-electron chi connectivity index (χ4n) is 4.41. The van der Waals surface area contributed by atoms with Gasteiger partial charge in [-0.15, -0.1) is 4.68 Å². The monoisotopic (exact) mass is 497 g/mol. The van der Waals surface area contributed by atoms with Gasteiger partial charge >= 0.3 is 11.5 Å². The summed E-state index contributed by atoms with van der Waals surface area (Å²) >= 11 is 13.1. The summed E-state index contributed by atoms with van der Waals surface area (Å²) in [5.41, 5.74) is 0.0511. The van der Waals surface area contributed by atoms with Crippen LogP contribution in [0.25, 0.3) is 27.3 Å². The second-order valence-electron chi connectivity index (χ2n) is 8.12. The van der Waals surface area contributed by atoms with Gasteiger partial charge in [-0.1, -0.05) is 42.6 Å². The number of halogens is 2. The molecule has 0 aliphatic heterocycles. The zero-order valence-corrected chi connectivity index (χ0v) is 19.2. The van der Waals surface area contributed by atoms with Crippen molar-refractivity contribution < 1.29 is 0 Å². The lowest BCUT2D eigenvalue weighted by molar-refractivity contribution is 0.458. The number of hydrogen-bond donors (Lipinski definition) is 1. The van der Waals surface area contributed by atoms with Crippen LogP contribution in [0.3, 0.4) is 0 Å². The SMILES string of the molecule is [C-]#[N+]c1nn(-c2cc(Cl)c(-n3ncc4c3ccc(=O)n4CC3CCCC3)c(Cl)c2)c(=O)[nH]c1=O. The first-order valence-electron chi connectivity index (χ1n) is 10.6. The van der Waals surface area contributed by atoms with Gasteiger partial charge in [0.05, 0.1) is 33.0 Å². The number of aromatic nitrogens is 6. The molecule has 0 spiro atoms. The van der Waals surface area contributed by atoms with E-state index >= 15 is 0 Å². The molecule has 172 valence electrons. The first kappa shape index (κ1) is 22.1. The zero-order valence-electron chi connectivity index (χ0n) is 17.7. The molecule has 1 saturated carbocycles. The van der Waals surface area contributed by atoms with Gasteiger partial charge in [0, 0.05) is 12.6 Å². The smallest absolute Gasteiger partial charge is 0.354 e. The number of H-pyrrole nitrogens is 1. The van der Waals surface area contributed by atoms with Crippen LogP contribution in [-0.4, -0.2) is 29.1 Å². The Bertz CT molecular complexity index is 1630. The summed E-state index contributed by atoms with van der Waals surface area (Å²) < 4.78 is 4.12. The van der Waals surface area contributed by atoms with Gasteiger partial charge in [-0.3, -0.25) is 14.6 Å². The lowest BCUT2D eigenvalue weighted by Crippen LogP contribution is -2.30. The molecule has 0 bridgehead atoms. The third-order valence-corrected chi connectivity index (χ3v) is 6.59. The van der Waals surface area contributed by atoms with E-state index in [0.717, 1.165) is 17.5 Å². The van der Waals surface area contributed by atoms with Gasteiger partial charge in [0.15, 0.2) is 0 Å². The molecule has 0 radical (unpaired) electrons. The summed E-state index contributed by atoms with van der Waals surface area (Å²) in [5.74, 6) is -0.0317. The highest BCUT2D eigenvalue weighted by molar-refractivity contribution is 6.38. The summed E-state index contributed by atoms with van der Waals surface area (Å²) in [4.78, 5) is 41.5. The largest absolute Gasteiger partial charge is 0.365 e. The minimum atomic E-state index is -0.878. The van der Waals surface area contributed by atoms with Crippen LogP contribution in [0.5, 0.6) is 0 Å². The number of rotatable bonds is 4. The Kier molecular flexibility index (Phi) is 5.59. The molecular weight excluding hydrogens is 481 g/mol. The van der Waals surface area contributed by atoms with Crippen molar-refractivity contribution in [3.05, 3.63) is 83.1 Å². The van der Waals surface area contributed by atoms with E-state index in [9.17, 15) is 14.4 Å².